The lowest BCUT2D eigenvalue weighted by Gasteiger charge is -2.33. The largest absolute Gasteiger partial charge is 0.481 e. The number of rotatable bonds is 3. The Kier molecular flexibility index (Phi) is 3.69. The second-order valence-electron chi connectivity index (χ2n) is 3.84. The predicted octanol–water partition coefficient (Wildman–Crippen LogP) is -0.0455. The zero-order valence-corrected chi connectivity index (χ0v) is 8.36. The summed E-state index contributed by atoms with van der Waals surface area (Å²) >= 11 is 0. The monoisotopic (exact) mass is 186 g/mol. The van der Waals surface area contributed by atoms with Gasteiger partial charge in [-0.2, -0.15) is 0 Å². The van der Waals surface area contributed by atoms with Gasteiger partial charge >= 0.3 is 5.97 Å². The van der Waals surface area contributed by atoms with Crippen LogP contribution >= 0.6 is 0 Å². The van der Waals surface area contributed by atoms with Crippen molar-refractivity contribution in [3.05, 3.63) is 0 Å². The first kappa shape index (κ1) is 10.5. The van der Waals surface area contributed by atoms with E-state index in [1.807, 2.05) is 0 Å². The van der Waals surface area contributed by atoms with Gasteiger partial charge in [0.15, 0.2) is 0 Å². The molecule has 1 saturated heterocycles. The van der Waals surface area contributed by atoms with Crippen molar-refractivity contribution in [3.8, 4) is 0 Å². The average Bonchev–Trinajstić information content (AvgIpc) is 2.08. The molecular formula is C9H18N2O2. The van der Waals surface area contributed by atoms with Crippen LogP contribution in [0.2, 0.25) is 0 Å². The number of likely N-dealkylation sites (N-methyl/N-ethyl adjacent to an activating group) is 1. The summed E-state index contributed by atoms with van der Waals surface area (Å²) in [5.41, 5.74) is 0. The van der Waals surface area contributed by atoms with Crippen LogP contribution in [0.5, 0.6) is 0 Å². The van der Waals surface area contributed by atoms with E-state index in [-0.39, 0.29) is 5.92 Å². The Hall–Kier alpha value is -0.610. The van der Waals surface area contributed by atoms with Crippen LogP contribution in [0, 0.1) is 5.92 Å². The molecule has 0 aromatic rings. The summed E-state index contributed by atoms with van der Waals surface area (Å²) in [6, 6.07) is 0. The smallest absolute Gasteiger partial charge is 0.307 e. The average molecular weight is 186 g/mol. The molecule has 0 spiro atoms. The Morgan fingerprint density at radius 1 is 1.38 bits per heavy atom. The molecule has 4 nitrogen and oxygen atoms in total. The van der Waals surface area contributed by atoms with E-state index in [4.69, 9.17) is 5.11 Å². The topological polar surface area (TPSA) is 43.8 Å². The maximum absolute atomic E-state index is 10.6. The quantitative estimate of drug-likeness (QED) is 0.671. The molecular weight excluding hydrogens is 168 g/mol. The highest BCUT2D eigenvalue weighted by molar-refractivity contribution is 5.69. The van der Waals surface area contributed by atoms with Crippen LogP contribution < -0.4 is 0 Å². The van der Waals surface area contributed by atoms with Crippen molar-refractivity contribution in [1.82, 2.24) is 9.80 Å². The first-order valence-corrected chi connectivity index (χ1v) is 4.73. The third-order valence-electron chi connectivity index (χ3n) is 2.55. The fourth-order valence-electron chi connectivity index (χ4n) is 1.50. The normalized spacial score (nSPS) is 22.9. The molecule has 0 unspecified atom stereocenters. The van der Waals surface area contributed by atoms with Gasteiger partial charge in [-0.05, 0) is 7.05 Å². The van der Waals surface area contributed by atoms with E-state index in [9.17, 15) is 4.79 Å². The zero-order valence-electron chi connectivity index (χ0n) is 8.36. The van der Waals surface area contributed by atoms with Crippen molar-refractivity contribution >= 4 is 5.97 Å². The minimum absolute atomic E-state index is 0.247. The summed E-state index contributed by atoms with van der Waals surface area (Å²) in [7, 11) is 2.10. The van der Waals surface area contributed by atoms with Crippen LogP contribution in [0.25, 0.3) is 0 Å². The van der Waals surface area contributed by atoms with Crippen molar-refractivity contribution in [1.29, 1.82) is 0 Å². The van der Waals surface area contributed by atoms with Crippen molar-refractivity contribution in [3.63, 3.8) is 0 Å². The Morgan fingerprint density at radius 3 is 2.38 bits per heavy atom. The standard InChI is InChI=1S/C9H18N2O2/c1-8(9(12)13)7-11-5-3-10(2)4-6-11/h8H,3-7H2,1-2H3,(H,12,13)/t8-/m0/s1. The predicted molar refractivity (Wildman–Crippen MR) is 50.7 cm³/mol. The molecule has 1 heterocycles. The number of nitrogens with zero attached hydrogens (tertiary/aromatic N) is 2. The molecule has 0 bridgehead atoms. The fourth-order valence-corrected chi connectivity index (χ4v) is 1.50. The third kappa shape index (κ3) is 3.32. The summed E-state index contributed by atoms with van der Waals surface area (Å²) in [5, 5.41) is 8.73. The van der Waals surface area contributed by atoms with Gasteiger partial charge in [-0.3, -0.25) is 9.69 Å². The lowest BCUT2D eigenvalue weighted by molar-refractivity contribution is -0.141. The van der Waals surface area contributed by atoms with Crippen LogP contribution in [0.15, 0.2) is 0 Å². The molecule has 1 rings (SSSR count). The number of piperazine rings is 1. The Bertz CT molecular complexity index is 176. The van der Waals surface area contributed by atoms with Crippen LogP contribution in [-0.4, -0.2) is 60.6 Å². The van der Waals surface area contributed by atoms with Crippen LogP contribution in [0.4, 0.5) is 0 Å². The van der Waals surface area contributed by atoms with Gasteiger partial charge in [-0.25, -0.2) is 0 Å². The van der Waals surface area contributed by atoms with E-state index >= 15 is 0 Å². The van der Waals surface area contributed by atoms with Gasteiger partial charge in [0, 0.05) is 32.7 Å². The summed E-state index contributed by atoms with van der Waals surface area (Å²) in [6.45, 7) is 6.53. The minimum atomic E-state index is -0.695. The lowest BCUT2D eigenvalue weighted by Crippen LogP contribution is -2.46. The van der Waals surface area contributed by atoms with Gasteiger partial charge in [-0.15, -0.1) is 0 Å². The number of hydrogen-bond acceptors (Lipinski definition) is 3. The molecule has 0 radical (unpaired) electrons. The van der Waals surface area contributed by atoms with Gasteiger partial charge in [0.05, 0.1) is 5.92 Å². The molecule has 1 aliphatic rings. The number of carboxylic acid groups (broad SMARTS) is 1. The highest BCUT2D eigenvalue weighted by Gasteiger charge is 2.19. The Balaban J connectivity index is 2.26. The minimum Gasteiger partial charge on any atom is -0.481 e. The Labute approximate surface area is 79.1 Å². The Morgan fingerprint density at radius 2 is 1.92 bits per heavy atom. The highest BCUT2D eigenvalue weighted by Crippen LogP contribution is 2.04. The zero-order chi connectivity index (χ0) is 9.84. The second kappa shape index (κ2) is 4.58. The maximum Gasteiger partial charge on any atom is 0.307 e. The van der Waals surface area contributed by atoms with E-state index < -0.39 is 5.97 Å². The summed E-state index contributed by atoms with van der Waals surface area (Å²) < 4.78 is 0. The molecule has 1 fully saturated rings. The maximum atomic E-state index is 10.6. The van der Waals surface area contributed by atoms with Crippen molar-refractivity contribution in [2.45, 2.75) is 6.92 Å². The van der Waals surface area contributed by atoms with Gasteiger partial charge in [0.2, 0.25) is 0 Å². The third-order valence-corrected chi connectivity index (χ3v) is 2.55. The molecule has 1 N–H and O–H groups in total. The molecule has 76 valence electrons. The molecule has 1 aliphatic heterocycles. The van der Waals surface area contributed by atoms with Gasteiger partial charge in [-0.1, -0.05) is 6.92 Å². The highest BCUT2D eigenvalue weighted by atomic mass is 16.4. The molecule has 0 amide bonds. The van der Waals surface area contributed by atoms with Crippen molar-refractivity contribution in [2.75, 3.05) is 39.8 Å². The van der Waals surface area contributed by atoms with E-state index in [0.717, 1.165) is 26.2 Å². The van der Waals surface area contributed by atoms with E-state index in [1.165, 1.54) is 0 Å². The molecule has 4 heteroatoms. The molecule has 13 heavy (non-hydrogen) atoms. The van der Waals surface area contributed by atoms with Gasteiger partial charge in [0.25, 0.3) is 0 Å². The first-order valence-electron chi connectivity index (χ1n) is 4.73. The molecule has 0 aliphatic carbocycles. The van der Waals surface area contributed by atoms with Gasteiger partial charge < -0.3 is 10.0 Å². The van der Waals surface area contributed by atoms with Crippen molar-refractivity contribution in [2.24, 2.45) is 5.92 Å². The number of carboxylic acids is 1. The van der Waals surface area contributed by atoms with E-state index in [2.05, 4.69) is 16.8 Å². The van der Waals surface area contributed by atoms with E-state index in [1.54, 1.807) is 6.92 Å². The molecule has 0 aromatic heterocycles. The molecule has 0 aromatic carbocycles. The summed E-state index contributed by atoms with van der Waals surface area (Å²) in [4.78, 5) is 15.1. The number of hydrogen-bond donors (Lipinski definition) is 1. The summed E-state index contributed by atoms with van der Waals surface area (Å²) in [5.74, 6) is -0.942. The van der Waals surface area contributed by atoms with Crippen LogP contribution in [0.1, 0.15) is 6.92 Å². The second-order valence-corrected chi connectivity index (χ2v) is 3.84. The van der Waals surface area contributed by atoms with Crippen molar-refractivity contribution < 1.29 is 9.90 Å². The molecule has 1 atom stereocenters. The van der Waals surface area contributed by atoms with Crippen LogP contribution in [-0.2, 0) is 4.79 Å². The first-order chi connectivity index (χ1) is 6.09. The number of carbonyl (C=O) groups is 1. The SMILES string of the molecule is C[C@@H](CN1CCN(C)CC1)C(=O)O. The number of aliphatic carboxylic acids is 1. The lowest BCUT2D eigenvalue weighted by atomic mass is 10.1. The van der Waals surface area contributed by atoms with E-state index in [0.29, 0.717) is 6.54 Å². The fraction of sp³-hybridized carbons (Fsp3) is 0.889. The summed E-state index contributed by atoms with van der Waals surface area (Å²) in [6.07, 6.45) is 0. The molecule has 0 saturated carbocycles. The van der Waals surface area contributed by atoms with Crippen LogP contribution in [0.3, 0.4) is 0 Å². The van der Waals surface area contributed by atoms with Gasteiger partial charge in [0.1, 0.15) is 0 Å².